The summed E-state index contributed by atoms with van der Waals surface area (Å²) in [5.74, 6) is -0.716. The Morgan fingerprint density at radius 1 is 1.09 bits per heavy atom. The molecule has 0 radical (unpaired) electrons. The van der Waals surface area contributed by atoms with E-state index in [1.54, 1.807) is 0 Å². The molecule has 2 aromatic carbocycles. The largest absolute Gasteiger partial charge is 0.416 e. The smallest absolute Gasteiger partial charge is 0.378 e. The predicted octanol–water partition coefficient (Wildman–Crippen LogP) is 5.08. The third-order valence-corrected chi connectivity index (χ3v) is 6.47. The second-order valence-corrected chi connectivity index (χ2v) is 8.78. The molecule has 1 atom stereocenters. The van der Waals surface area contributed by atoms with E-state index in [2.05, 4.69) is 5.32 Å². The Balaban J connectivity index is 1.66. The van der Waals surface area contributed by atoms with Crippen LogP contribution in [-0.2, 0) is 10.9 Å². The molecule has 1 amide bonds. The molecule has 0 aromatic heterocycles. The minimum Gasteiger partial charge on any atom is -0.378 e. The van der Waals surface area contributed by atoms with Gasteiger partial charge in [0.05, 0.1) is 35.1 Å². The van der Waals surface area contributed by atoms with Crippen molar-refractivity contribution in [3.05, 3.63) is 57.6 Å². The first-order valence-electron chi connectivity index (χ1n) is 11.6. The minimum absolute atomic E-state index is 0.0104. The van der Waals surface area contributed by atoms with Gasteiger partial charge < -0.3 is 19.9 Å². The highest BCUT2D eigenvalue weighted by Crippen LogP contribution is 2.38. The average molecular weight is 492 g/mol. The summed E-state index contributed by atoms with van der Waals surface area (Å²) in [4.78, 5) is 28.1. The van der Waals surface area contributed by atoms with Crippen molar-refractivity contribution in [2.24, 2.45) is 0 Å². The number of hydrogen-bond donors (Lipinski definition) is 1. The van der Waals surface area contributed by atoms with Gasteiger partial charge in [-0.05, 0) is 56.5 Å². The molecule has 0 bridgehead atoms. The van der Waals surface area contributed by atoms with E-state index >= 15 is 0 Å². The van der Waals surface area contributed by atoms with Crippen molar-refractivity contribution >= 4 is 28.7 Å². The third-order valence-electron chi connectivity index (χ3n) is 6.47. The normalized spacial score (nSPS) is 18.9. The maximum Gasteiger partial charge on any atom is 0.416 e. The summed E-state index contributed by atoms with van der Waals surface area (Å²) in [6.07, 6.45) is -1.76. The molecule has 188 valence electrons. The number of carbonyl (C=O) groups excluding carboxylic acids is 1. The summed E-state index contributed by atoms with van der Waals surface area (Å²) in [6.45, 7) is 4.49. The van der Waals surface area contributed by atoms with Crippen LogP contribution in [0.15, 0.2) is 36.4 Å². The standard InChI is InChI=1S/C24H27F3N4O4/c1-16-4-2-3-9-30(16)20-8-6-18(24(25,26)27)15-19(20)28-23(32)17-5-7-21(22(14-17)31(33)34)29-10-12-35-13-11-29/h5-8,14-16H,2-4,9-13H2,1H3,(H,28,32)/t16-/m1/s1. The Bertz CT molecular complexity index is 1100. The monoisotopic (exact) mass is 492 g/mol. The Labute approximate surface area is 200 Å². The topological polar surface area (TPSA) is 88.0 Å². The minimum atomic E-state index is -4.58. The molecule has 2 heterocycles. The van der Waals surface area contributed by atoms with Gasteiger partial charge in [0.1, 0.15) is 5.69 Å². The van der Waals surface area contributed by atoms with Crippen molar-refractivity contribution < 1.29 is 27.6 Å². The van der Waals surface area contributed by atoms with Crippen LogP contribution < -0.4 is 15.1 Å². The number of ether oxygens (including phenoxy) is 1. The maximum absolute atomic E-state index is 13.4. The number of nitrogens with one attached hydrogen (secondary N) is 1. The molecule has 0 unspecified atom stereocenters. The number of anilines is 3. The van der Waals surface area contributed by atoms with Gasteiger partial charge >= 0.3 is 6.18 Å². The predicted molar refractivity (Wildman–Crippen MR) is 126 cm³/mol. The summed E-state index contributed by atoms with van der Waals surface area (Å²) in [5.41, 5.74) is -0.236. The number of halogens is 3. The lowest BCUT2D eigenvalue weighted by Gasteiger charge is -2.36. The van der Waals surface area contributed by atoms with Crippen LogP contribution in [-0.4, -0.2) is 49.7 Å². The van der Waals surface area contributed by atoms with Crippen LogP contribution in [0.25, 0.3) is 0 Å². The van der Waals surface area contributed by atoms with Crippen LogP contribution in [0.2, 0.25) is 0 Å². The van der Waals surface area contributed by atoms with Gasteiger partial charge in [0.15, 0.2) is 0 Å². The van der Waals surface area contributed by atoms with Crippen LogP contribution in [0.3, 0.4) is 0 Å². The van der Waals surface area contributed by atoms with Gasteiger partial charge in [-0.15, -0.1) is 0 Å². The lowest BCUT2D eigenvalue weighted by Crippen LogP contribution is -2.38. The number of nitro groups is 1. The molecule has 0 spiro atoms. The zero-order chi connectivity index (χ0) is 25.2. The van der Waals surface area contributed by atoms with Crippen LogP contribution in [0.4, 0.5) is 35.9 Å². The van der Waals surface area contributed by atoms with Gasteiger partial charge in [0.2, 0.25) is 0 Å². The zero-order valence-electron chi connectivity index (χ0n) is 19.3. The maximum atomic E-state index is 13.4. The summed E-state index contributed by atoms with van der Waals surface area (Å²) in [7, 11) is 0. The summed E-state index contributed by atoms with van der Waals surface area (Å²) in [5, 5.41) is 14.3. The van der Waals surface area contributed by atoms with E-state index in [1.807, 2.05) is 16.7 Å². The number of rotatable bonds is 5. The average Bonchev–Trinajstić information content (AvgIpc) is 2.84. The van der Waals surface area contributed by atoms with Crippen LogP contribution in [0, 0.1) is 10.1 Å². The highest BCUT2D eigenvalue weighted by Gasteiger charge is 2.33. The van der Waals surface area contributed by atoms with Crippen LogP contribution >= 0.6 is 0 Å². The van der Waals surface area contributed by atoms with Crippen molar-refractivity contribution in [3.8, 4) is 0 Å². The number of hydrogen-bond acceptors (Lipinski definition) is 6. The molecule has 0 saturated carbocycles. The molecule has 4 rings (SSSR count). The Morgan fingerprint density at radius 2 is 1.80 bits per heavy atom. The molecule has 0 aliphatic carbocycles. The number of nitro benzene ring substituents is 1. The SMILES string of the molecule is C[C@@H]1CCCCN1c1ccc(C(F)(F)F)cc1NC(=O)c1ccc(N2CCOCC2)c([N+](=O)[O-])c1. The molecule has 2 aliphatic heterocycles. The van der Waals surface area contributed by atoms with Gasteiger partial charge in [-0.3, -0.25) is 14.9 Å². The molecule has 35 heavy (non-hydrogen) atoms. The molecule has 1 N–H and O–H groups in total. The van der Waals surface area contributed by atoms with Crippen molar-refractivity contribution in [1.29, 1.82) is 0 Å². The van der Waals surface area contributed by atoms with Gasteiger partial charge in [-0.1, -0.05) is 0 Å². The van der Waals surface area contributed by atoms with E-state index in [0.29, 0.717) is 44.2 Å². The number of carbonyl (C=O) groups is 1. The van der Waals surface area contributed by atoms with Crippen LogP contribution in [0.1, 0.15) is 42.1 Å². The fourth-order valence-electron chi connectivity index (χ4n) is 4.60. The summed E-state index contributed by atoms with van der Waals surface area (Å²) < 4.78 is 45.6. The van der Waals surface area contributed by atoms with Crippen molar-refractivity contribution in [3.63, 3.8) is 0 Å². The van der Waals surface area contributed by atoms with E-state index in [4.69, 9.17) is 4.74 Å². The molecular weight excluding hydrogens is 465 g/mol. The number of benzene rings is 2. The van der Waals surface area contributed by atoms with Crippen molar-refractivity contribution in [2.75, 3.05) is 48.0 Å². The molecule has 8 nitrogen and oxygen atoms in total. The van der Waals surface area contributed by atoms with E-state index < -0.39 is 22.6 Å². The number of piperidine rings is 1. The molecule has 11 heteroatoms. The second-order valence-electron chi connectivity index (χ2n) is 8.78. The fraction of sp³-hybridized carbons (Fsp3) is 0.458. The second kappa shape index (κ2) is 10.1. The highest BCUT2D eigenvalue weighted by atomic mass is 19.4. The quantitative estimate of drug-likeness (QED) is 0.463. The number of nitrogens with zero attached hydrogens (tertiary/aromatic N) is 3. The number of alkyl halides is 3. The molecule has 2 fully saturated rings. The van der Waals surface area contributed by atoms with E-state index in [0.717, 1.165) is 37.5 Å². The molecule has 2 saturated heterocycles. The van der Waals surface area contributed by atoms with Crippen molar-refractivity contribution in [1.82, 2.24) is 0 Å². The number of amides is 1. The van der Waals surface area contributed by atoms with Gasteiger partial charge in [0.25, 0.3) is 11.6 Å². The Hall–Kier alpha value is -3.34. The first-order valence-corrected chi connectivity index (χ1v) is 11.6. The van der Waals surface area contributed by atoms with Crippen molar-refractivity contribution in [2.45, 2.75) is 38.4 Å². The van der Waals surface area contributed by atoms with E-state index in [1.165, 1.54) is 18.2 Å². The van der Waals surface area contributed by atoms with E-state index in [-0.39, 0.29) is 23.0 Å². The molecule has 2 aliphatic rings. The first kappa shape index (κ1) is 24.8. The van der Waals surface area contributed by atoms with Gasteiger partial charge in [-0.25, -0.2) is 0 Å². The third kappa shape index (κ3) is 5.50. The first-order chi connectivity index (χ1) is 16.6. The van der Waals surface area contributed by atoms with E-state index in [9.17, 15) is 28.1 Å². The van der Waals surface area contributed by atoms with Crippen LogP contribution in [0.5, 0.6) is 0 Å². The lowest BCUT2D eigenvalue weighted by atomic mass is 10.0. The molecular formula is C24H27F3N4O4. The lowest BCUT2D eigenvalue weighted by molar-refractivity contribution is -0.384. The Kier molecular flexibility index (Phi) is 7.15. The summed E-state index contributed by atoms with van der Waals surface area (Å²) >= 11 is 0. The zero-order valence-corrected chi connectivity index (χ0v) is 19.3. The highest BCUT2D eigenvalue weighted by molar-refractivity contribution is 6.06. The molecule has 2 aromatic rings. The number of morpholine rings is 1. The van der Waals surface area contributed by atoms with Gasteiger partial charge in [-0.2, -0.15) is 13.2 Å². The van der Waals surface area contributed by atoms with Gasteiger partial charge in [0, 0.05) is 37.3 Å². The fourth-order valence-corrected chi connectivity index (χ4v) is 4.60. The summed E-state index contributed by atoms with van der Waals surface area (Å²) in [6, 6.07) is 7.52. The Morgan fingerprint density at radius 3 is 2.46 bits per heavy atom.